The lowest BCUT2D eigenvalue weighted by molar-refractivity contribution is 0.416. The molecule has 3 heterocycles. The standard InChI is InChI=1S/C17H15N5O2S2/c1-23-12-6-3-2-5-11(12)16-20-21-17(22(16)18)26-10-15-19-9-13(24-15)14-7-4-8-25-14/h2-9H,10,18H2,1H3. The van der Waals surface area contributed by atoms with Crippen LogP contribution in [0.1, 0.15) is 5.89 Å². The number of rotatable bonds is 6. The average molecular weight is 385 g/mol. The number of para-hydroxylation sites is 1. The summed E-state index contributed by atoms with van der Waals surface area (Å²) in [6, 6.07) is 11.5. The molecule has 26 heavy (non-hydrogen) atoms. The number of nitrogens with two attached hydrogens (primary N) is 1. The van der Waals surface area contributed by atoms with E-state index in [1.807, 2.05) is 41.8 Å². The number of thioether (sulfide) groups is 1. The van der Waals surface area contributed by atoms with Crippen molar-refractivity contribution in [2.45, 2.75) is 10.9 Å². The number of hydrogen-bond donors (Lipinski definition) is 1. The summed E-state index contributed by atoms with van der Waals surface area (Å²) in [5.41, 5.74) is 0.785. The molecule has 4 rings (SSSR count). The van der Waals surface area contributed by atoms with Gasteiger partial charge in [0.15, 0.2) is 11.6 Å². The number of aromatic nitrogens is 4. The van der Waals surface area contributed by atoms with E-state index in [1.165, 1.54) is 16.4 Å². The van der Waals surface area contributed by atoms with Gasteiger partial charge in [0.05, 0.1) is 29.5 Å². The molecule has 0 atom stereocenters. The van der Waals surface area contributed by atoms with E-state index in [0.29, 0.717) is 28.4 Å². The molecule has 1 aromatic carbocycles. The Morgan fingerprint density at radius 3 is 2.92 bits per heavy atom. The van der Waals surface area contributed by atoms with Gasteiger partial charge in [-0.05, 0) is 23.6 Å². The molecule has 7 nitrogen and oxygen atoms in total. The van der Waals surface area contributed by atoms with E-state index in [0.717, 1.165) is 16.2 Å². The first-order chi connectivity index (χ1) is 12.8. The van der Waals surface area contributed by atoms with Crippen LogP contribution in [0.15, 0.2) is 57.5 Å². The largest absolute Gasteiger partial charge is 0.496 e. The van der Waals surface area contributed by atoms with Crippen molar-refractivity contribution in [3.63, 3.8) is 0 Å². The maximum Gasteiger partial charge on any atom is 0.210 e. The van der Waals surface area contributed by atoms with Crippen molar-refractivity contribution in [3.8, 4) is 27.8 Å². The third-order valence-corrected chi connectivity index (χ3v) is 5.47. The molecule has 0 aliphatic carbocycles. The smallest absolute Gasteiger partial charge is 0.210 e. The second-order valence-electron chi connectivity index (χ2n) is 5.26. The minimum absolute atomic E-state index is 0.507. The third-order valence-electron chi connectivity index (χ3n) is 3.65. The number of hydrogen-bond acceptors (Lipinski definition) is 8. The molecular weight excluding hydrogens is 370 g/mol. The quantitative estimate of drug-likeness (QED) is 0.400. The normalized spacial score (nSPS) is 11.0. The Kier molecular flexibility index (Phi) is 4.63. The fraction of sp³-hybridized carbons (Fsp3) is 0.118. The van der Waals surface area contributed by atoms with Gasteiger partial charge in [0, 0.05) is 0 Å². The summed E-state index contributed by atoms with van der Waals surface area (Å²) in [7, 11) is 1.61. The lowest BCUT2D eigenvalue weighted by Gasteiger charge is -2.07. The van der Waals surface area contributed by atoms with E-state index in [1.54, 1.807) is 24.6 Å². The van der Waals surface area contributed by atoms with Crippen molar-refractivity contribution in [3.05, 3.63) is 53.9 Å². The number of nitrogens with zero attached hydrogens (tertiary/aromatic N) is 4. The SMILES string of the molecule is COc1ccccc1-c1nnc(SCc2ncc(-c3cccs3)o2)n1N. The maximum absolute atomic E-state index is 6.17. The monoisotopic (exact) mass is 385 g/mol. The highest BCUT2D eigenvalue weighted by Crippen LogP contribution is 2.31. The molecule has 0 aliphatic heterocycles. The maximum atomic E-state index is 6.17. The molecule has 132 valence electrons. The van der Waals surface area contributed by atoms with E-state index in [9.17, 15) is 0 Å². The number of benzene rings is 1. The fourth-order valence-corrected chi connectivity index (χ4v) is 3.81. The van der Waals surface area contributed by atoms with E-state index < -0.39 is 0 Å². The van der Waals surface area contributed by atoms with E-state index >= 15 is 0 Å². The van der Waals surface area contributed by atoms with Crippen LogP contribution in [-0.4, -0.2) is 27.0 Å². The number of oxazole rings is 1. The third kappa shape index (κ3) is 3.18. The number of nitrogen functional groups attached to an aromatic ring is 1. The van der Waals surface area contributed by atoms with Crippen LogP contribution < -0.4 is 10.6 Å². The molecule has 0 bridgehead atoms. The van der Waals surface area contributed by atoms with Crippen LogP contribution >= 0.6 is 23.1 Å². The molecule has 0 aliphatic rings. The highest BCUT2D eigenvalue weighted by molar-refractivity contribution is 7.98. The van der Waals surface area contributed by atoms with Gasteiger partial charge in [-0.15, -0.1) is 21.5 Å². The van der Waals surface area contributed by atoms with Crippen LogP contribution in [-0.2, 0) is 5.75 Å². The van der Waals surface area contributed by atoms with Gasteiger partial charge >= 0.3 is 0 Å². The molecule has 0 fully saturated rings. The molecule has 0 spiro atoms. The number of thiophene rings is 1. The van der Waals surface area contributed by atoms with Gasteiger partial charge < -0.3 is 15.0 Å². The molecule has 0 radical (unpaired) electrons. The Morgan fingerprint density at radius 2 is 2.12 bits per heavy atom. The summed E-state index contributed by atoms with van der Waals surface area (Å²) in [6.07, 6.45) is 1.73. The summed E-state index contributed by atoms with van der Waals surface area (Å²) in [5, 5.41) is 10.9. The predicted octanol–water partition coefficient (Wildman–Crippen LogP) is 3.68. The Hall–Kier alpha value is -2.78. The van der Waals surface area contributed by atoms with Crippen LogP contribution in [0.5, 0.6) is 5.75 Å². The van der Waals surface area contributed by atoms with E-state index in [-0.39, 0.29) is 0 Å². The first kappa shape index (κ1) is 16.7. The van der Waals surface area contributed by atoms with Gasteiger partial charge in [-0.3, -0.25) is 0 Å². The molecule has 4 aromatic rings. The van der Waals surface area contributed by atoms with Crippen LogP contribution in [0, 0.1) is 0 Å². The zero-order chi connectivity index (χ0) is 17.9. The molecule has 3 aromatic heterocycles. The molecule has 0 unspecified atom stereocenters. The van der Waals surface area contributed by atoms with Crippen LogP contribution in [0.3, 0.4) is 0 Å². The minimum atomic E-state index is 0.507. The first-order valence-electron chi connectivity index (χ1n) is 7.71. The second kappa shape index (κ2) is 7.22. The Balaban J connectivity index is 1.51. The predicted molar refractivity (Wildman–Crippen MR) is 102 cm³/mol. The van der Waals surface area contributed by atoms with Crippen LogP contribution in [0.25, 0.3) is 22.0 Å². The van der Waals surface area contributed by atoms with Crippen molar-refractivity contribution in [2.24, 2.45) is 0 Å². The van der Waals surface area contributed by atoms with Gasteiger partial charge in [0.1, 0.15) is 5.75 Å². The Morgan fingerprint density at radius 1 is 1.23 bits per heavy atom. The zero-order valence-corrected chi connectivity index (χ0v) is 15.5. The fourth-order valence-electron chi connectivity index (χ4n) is 2.42. The van der Waals surface area contributed by atoms with Gasteiger partial charge in [-0.25, -0.2) is 9.66 Å². The van der Waals surface area contributed by atoms with Gasteiger partial charge in [-0.1, -0.05) is 30.0 Å². The van der Waals surface area contributed by atoms with Gasteiger partial charge in [0.25, 0.3) is 0 Å². The van der Waals surface area contributed by atoms with Crippen molar-refractivity contribution < 1.29 is 9.15 Å². The lowest BCUT2D eigenvalue weighted by Crippen LogP contribution is -2.12. The second-order valence-corrected chi connectivity index (χ2v) is 7.15. The molecular formula is C17H15N5O2S2. The van der Waals surface area contributed by atoms with Crippen molar-refractivity contribution in [1.29, 1.82) is 0 Å². The summed E-state index contributed by atoms with van der Waals surface area (Å²) in [5.74, 6) is 9.28. The van der Waals surface area contributed by atoms with Crippen molar-refractivity contribution in [2.75, 3.05) is 13.0 Å². The van der Waals surface area contributed by atoms with Gasteiger partial charge in [0.2, 0.25) is 11.0 Å². The van der Waals surface area contributed by atoms with E-state index in [2.05, 4.69) is 15.2 Å². The molecule has 0 amide bonds. The highest BCUT2D eigenvalue weighted by atomic mass is 32.2. The lowest BCUT2D eigenvalue weighted by atomic mass is 10.2. The molecule has 0 saturated heterocycles. The number of methoxy groups -OCH3 is 1. The zero-order valence-electron chi connectivity index (χ0n) is 13.8. The molecule has 9 heteroatoms. The summed E-state index contributed by atoms with van der Waals surface area (Å²) in [4.78, 5) is 5.36. The molecule has 2 N–H and O–H groups in total. The van der Waals surface area contributed by atoms with Crippen LogP contribution in [0.4, 0.5) is 0 Å². The topological polar surface area (TPSA) is 92.0 Å². The Labute approximate surface area is 157 Å². The number of ether oxygens (including phenoxy) is 1. The average Bonchev–Trinajstić information content (AvgIpc) is 3.41. The first-order valence-corrected chi connectivity index (χ1v) is 9.58. The summed E-state index contributed by atoms with van der Waals surface area (Å²) in [6.45, 7) is 0. The van der Waals surface area contributed by atoms with Crippen molar-refractivity contribution in [1.82, 2.24) is 19.9 Å². The van der Waals surface area contributed by atoms with Crippen LogP contribution in [0.2, 0.25) is 0 Å². The highest BCUT2D eigenvalue weighted by Gasteiger charge is 2.16. The minimum Gasteiger partial charge on any atom is -0.496 e. The summed E-state index contributed by atoms with van der Waals surface area (Å²) < 4.78 is 12.6. The molecule has 0 saturated carbocycles. The summed E-state index contributed by atoms with van der Waals surface area (Å²) >= 11 is 3.02. The van der Waals surface area contributed by atoms with Crippen molar-refractivity contribution >= 4 is 23.1 Å². The van der Waals surface area contributed by atoms with E-state index in [4.69, 9.17) is 15.0 Å². The van der Waals surface area contributed by atoms with Gasteiger partial charge in [-0.2, -0.15) is 0 Å². The Bertz CT molecular complexity index is 1010.